The first-order valence-electron chi connectivity index (χ1n) is 4.42. The molecule has 2 N–H and O–H groups in total. The lowest BCUT2D eigenvalue weighted by atomic mass is 9.94. The Bertz CT molecular complexity index is 214. The highest BCUT2D eigenvalue weighted by Crippen LogP contribution is 2.20. The fourth-order valence-electron chi connectivity index (χ4n) is 1.54. The van der Waals surface area contributed by atoms with Gasteiger partial charge < -0.3 is 19.8 Å². The number of carbonyl (C=O) groups excluding carboxylic acids is 1. The second-order valence-electron chi connectivity index (χ2n) is 3.43. The van der Waals surface area contributed by atoms with E-state index < -0.39 is 11.7 Å². The molecule has 0 radical (unpaired) electrons. The van der Waals surface area contributed by atoms with E-state index >= 15 is 0 Å². The number of carbonyl (C=O) groups is 1. The van der Waals surface area contributed by atoms with E-state index in [9.17, 15) is 9.90 Å². The summed E-state index contributed by atoms with van der Waals surface area (Å²) in [7, 11) is 0. The predicted octanol–water partition coefficient (Wildman–Crippen LogP) is 0.139. The van der Waals surface area contributed by atoms with Crippen molar-refractivity contribution in [2.45, 2.75) is 18.4 Å². The van der Waals surface area contributed by atoms with Gasteiger partial charge in [-0.2, -0.15) is 0 Å². The number of aliphatic hydroxyl groups is 2. The van der Waals surface area contributed by atoms with E-state index in [1.54, 1.807) is 0 Å². The molecule has 0 saturated carbocycles. The molecule has 0 aliphatic carbocycles. The molecule has 1 fully saturated rings. The van der Waals surface area contributed by atoms with Gasteiger partial charge in [-0.3, -0.25) is 0 Å². The van der Waals surface area contributed by atoms with Crippen molar-refractivity contribution >= 4 is 17.7 Å². The van der Waals surface area contributed by atoms with Crippen LogP contribution in [0.15, 0.2) is 0 Å². The fraction of sp³-hybridized carbons (Fsp3) is 0.875. The van der Waals surface area contributed by atoms with Crippen LogP contribution in [0.2, 0.25) is 0 Å². The largest absolute Gasteiger partial charge is 0.433 e. The molecule has 0 aromatic heterocycles. The van der Waals surface area contributed by atoms with Gasteiger partial charge >= 0.3 is 6.09 Å². The van der Waals surface area contributed by atoms with Gasteiger partial charge in [-0.05, 0) is 12.8 Å². The van der Waals surface area contributed by atoms with Crippen LogP contribution in [-0.4, -0.2) is 52.6 Å². The van der Waals surface area contributed by atoms with Gasteiger partial charge in [0.2, 0.25) is 0 Å². The van der Waals surface area contributed by atoms with Crippen LogP contribution in [0.1, 0.15) is 12.8 Å². The maximum absolute atomic E-state index is 11.2. The van der Waals surface area contributed by atoms with E-state index in [0.29, 0.717) is 19.4 Å². The molecule has 1 aliphatic heterocycles. The maximum Gasteiger partial charge on any atom is 0.411 e. The second-order valence-corrected chi connectivity index (χ2v) is 3.65. The molecule has 0 aromatic carbocycles. The standard InChI is InChI=1S/C8H14ClNO4/c9-6-14-7(12)10-3-1-2-8(13,4-10)5-11/h11,13H,1-6H2/t8-/m0/s1. The molecular formula is C8H14ClNO4. The summed E-state index contributed by atoms with van der Waals surface area (Å²) >= 11 is 5.24. The first-order chi connectivity index (χ1) is 6.61. The third-order valence-electron chi connectivity index (χ3n) is 2.29. The van der Waals surface area contributed by atoms with Gasteiger partial charge in [-0.1, -0.05) is 11.6 Å². The lowest BCUT2D eigenvalue weighted by Crippen LogP contribution is -2.52. The molecule has 1 amide bonds. The van der Waals surface area contributed by atoms with Gasteiger partial charge in [0.1, 0.15) is 5.60 Å². The zero-order valence-corrected chi connectivity index (χ0v) is 8.53. The zero-order chi connectivity index (χ0) is 10.6. The summed E-state index contributed by atoms with van der Waals surface area (Å²) in [5.41, 5.74) is -1.19. The molecule has 0 unspecified atom stereocenters. The Morgan fingerprint density at radius 2 is 2.36 bits per heavy atom. The minimum absolute atomic E-state index is 0.0965. The first kappa shape index (κ1) is 11.6. The average molecular weight is 224 g/mol. The zero-order valence-electron chi connectivity index (χ0n) is 7.78. The molecule has 14 heavy (non-hydrogen) atoms. The Morgan fingerprint density at radius 3 is 2.93 bits per heavy atom. The van der Waals surface area contributed by atoms with Crippen molar-refractivity contribution in [1.29, 1.82) is 0 Å². The van der Waals surface area contributed by atoms with Crippen LogP contribution in [0, 0.1) is 0 Å². The number of alkyl halides is 1. The van der Waals surface area contributed by atoms with Crippen molar-refractivity contribution in [3.63, 3.8) is 0 Å². The number of piperidine rings is 1. The van der Waals surface area contributed by atoms with E-state index in [1.807, 2.05) is 0 Å². The molecule has 1 heterocycles. The Labute approximate surface area is 87.2 Å². The number of likely N-dealkylation sites (tertiary alicyclic amines) is 1. The van der Waals surface area contributed by atoms with E-state index in [4.69, 9.17) is 16.7 Å². The summed E-state index contributed by atoms with van der Waals surface area (Å²) in [4.78, 5) is 12.6. The van der Waals surface area contributed by atoms with Crippen molar-refractivity contribution in [1.82, 2.24) is 4.90 Å². The highest BCUT2D eigenvalue weighted by molar-refractivity contribution is 6.17. The average Bonchev–Trinajstić information content (AvgIpc) is 2.18. The van der Waals surface area contributed by atoms with Gasteiger partial charge in [0, 0.05) is 6.54 Å². The SMILES string of the molecule is O=C(OCCl)N1CCC[C@@](O)(CO)C1. The fourth-order valence-corrected chi connectivity index (χ4v) is 1.63. The van der Waals surface area contributed by atoms with E-state index in [-0.39, 0.29) is 19.2 Å². The number of hydrogen-bond acceptors (Lipinski definition) is 4. The van der Waals surface area contributed by atoms with Crippen LogP contribution in [0.5, 0.6) is 0 Å². The molecule has 0 aromatic rings. The Kier molecular flexibility index (Phi) is 3.97. The molecule has 82 valence electrons. The van der Waals surface area contributed by atoms with Gasteiger partial charge in [0.05, 0.1) is 13.2 Å². The van der Waals surface area contributed by atoms with Crippen LogP contribution < -0.4 is 0 Å². The highest BCUT2D eigenvalue weighted by atomic mass is 35.5. The van der Waals surface area contributed by atoms with Gasteiger partial charge in [0.15, 0.2) is 6.07 Å². The number of halogens is 1. The van der Waals surface area contributed by atoms with Crippen molar-refractivity contribution < 1.29 is 19.7 Å². The van der Waals surface area contributed by atoms with Crippen molar-refractivity contribution in [2.75, 3.05) is 25.8 Å². The third-order valence-corrected chi connectivity index (χ3v) is 2.39. The Balaban J connectivity index is 2.51. The predicted molar refractivity (Wildman–Crippen MR) is 50.0 cm³/mol. The first-order valence-corrected chi connectivity index (χ1v) is 4.96. The molecule has 1 aliphatic rings. The van der Waals surface area contributed by atoms with Crippen LogP contribution in [0.4, 0.5) is 4.79 Å². The van der Waals surface area contributed by atoms with Crippen LogP contribution in [-0.2, 0) is 4.74 Å². The summed E-state index contributed by atoms with van der Waals surface area (Å²) in [6.07, 6.45) is 0.592. The van der Waals surface area contributed by atoms with E-state index in [1.165, 1.54) is 4.90 Å². The summed E-state index contributed by atoms with van der Waals surface area (Å²) in [5.74, 6) is 0. The van der Waals surface area contributed by atoms with Crippen LogP contribution in [0.25, 0.3) is 0 Å². The monoisotopic (exact) mass is 223 g/mol. The summed E-state index contributed by atoms with van der Waals surface area (Å²) in [6, 6.07) is -0.202. The Hall–Kier alpha value is -0.520. The maximum atomic E-state index is 11.2. The topological polar surface area (TPSA) is 70.0 Å². The lowest BCUT2D eigenvalue weighted by Gasteiger charge is -2.37. The quantitative estimate of drug-likeness (QED) is 0.654. The van der Waals surface area contributed by atoms with Crippen molar-refractivity contribution in [3.05, 3.63) is 0 Å². The van der Waals surface area contributed by atoms with Crippen LogP contribution >= 0.6 is 11.6 Å². The molecule has 5 nitrogen and oxygen atoms in total. The second kappa shape index (κ2) is 4.82. The minimum atomic E-state index is -1.19. The molecule has 6 heteroatoms. The van der Waals surface area contributed by atoms with Crippen LogP contribution in [0.3, 0.4) is 0 Å². The van der Waals surface area contributed by atoms with Gasteiger partial charge in [-0.25, -0.2) is 4.79 Å². The number of rotatable bonds is 2. The number of amides is 1. The summed E-state index contributed by atoms with van der Waals surface area (Å²) in [6.45, 7) is 0.273. The minimum Gasteiger partial charge on any atom is -0.433 e. The Morgan fingerprint density at radius 1 is 1.64 bits per heavy atom. The van der Waals surface area contributed by atoms with Gasteiger partial charge in [-0.15, -0.1) is 0 Å². The molecule has 1 saturated heterocycles. The number of nitrogens with zero attached hydrogens (tertiary/aromatic N) is 1. The molecular weight excluding hydrogens is 210 g/mol. The highest BCUT2D eigenvalue weighted by Gasteiger charge is 2.35. The molecule has 0 bridgehead atoms. The number of hydrogen-bond donors (Lipinski definition) is 2. The summed E-state index contributed by atoms with van der Waals surface area (Å²) in [5, 5.41) is 18.7. The summed E-state index contributed by atoms with van der Waals surface area (Å²) < 4.78 is 4.58. The molecule has 0 spiro atoms. The van der Waals surface area contributed by atoms with E-state index in [0.717, 1.165) is 0 Å². The molecule has 1 atom stereocenters. The van der Waals surface area contributed by atoms with Gasteiger partial charge in [0.25, 0.3) is 0 Å². The number of ether oxygens (including phenoxy) is 1. The smallest absolute Gasteiger partial charge is 0.411 e. The lowest BCUT2D eigenvalue weighted by molar-refractivity contribution is -0.0627. The van der Waals surface area contributed by atoms with Crippen molar-refractivity contribution in [3.8, 4) is 0 Å². The number of β-amino-alcohol motifs (C(OH)–C–C–N with tert-alkyl or cyclic N) is 1. The molecule has 1 rings (SSSR count). The third kappa shape index (κ3) is 2.73. The van der Waals surface area contributed by atoms with Crippen molar-refractivity contribution in [2.24, 2.45) is 0 Å². The normalized spacial score (nSPS) is 27.5. The number of aliphatic hydroxyl groups excluding tert-OH is 1. The van der Waals surface area contributed by atoms with E-state index in [2.05, 4.69) is 4.74 Å².